The average molecular weight is 412 g/mol. The van der Waals surface area contributed by atoms with Gasteiger partial charge in [-0.3, -0.25) is 0 Å². The van der Waals surface area contributed by atoms with Crippen LogP contribution in [-0.4, -0.2) is 5.11 Å². The highest BCUT2D eigenvalue weighted by Gasteiger charge is 2.25. The number of fused-ring (bicyclic) bond motifs is 1. The molecule has 0 bridgehead atoms. The number of phenolic OH excluding ortho intramolecular Hbond substituents is 1. The fraction of sp³-hybridized carbons (Fsp3) is 0.538. The molecule has 0 amide bonds. The maximum absolute atomic E-state index is 10.9. The van der Waals surface area contributed by atoms with Crippen molar-refractivity contribution in [2.24, 2.45) is 0 Å². The molecular formula is C26H37NOS. The minimum absolute atomic E-state index is 0.0961. The SMILES string of the molecule is CCCCCCCCCCCCc1cc(C)cc([C@@H]2Nc3ccccc3S2)c1O. The number of hydrogen-bond acceptors (Lipinski definition) is 3. The molecule has 1 atom stereocenters. The van der Waals surface area contributed by atoms with Crippen LogP contribution in [0.5, 0.6) is 5.75 Å². The van der Waals surface area contributed by atoms with E-state index in [0.29, 0.717) is 5.75 Å². The lowest BCUT2D eigenvalue weighted by atomic mass is 9.98. The van der Waals surface area contributed by atoms with Gasteiger partial charge in [-0.05, 0) is 43.5 Å². The zero-order valence-corrected chi connectivity index (χ0v) is 19.0. The Morgan fingerprint density at radius 2 is 1.55 bits per heavy atom. The minimum atomic E-state index is 0.0961. The van der Waals surface area contributed by atoms with Gasteiger partial charge >= 0.3 is 0 Å². The van der Waals surface area contributed by atoms with Crippen LogP contribution in [0.3, 0.4) is 0 Å². The predicted molar refractivity (Wildman–Crippen MR) is 127 cm³/mol. The Bertz CT molecular complexity index is 748. The summed E-state index contributed by atoms with van der Waals surface area (Å²) in [7, 11) is 0. The highest BCUT2D eigenvalue weighted by molar-refractivity contribution is 8.00. The molecule has 0 radical (unpaired) electrons. The van der Waals surface area contributed by atoms with Crippen molar-refractivity contribution >= 4 is 17.4 Å². The summed E-state index contributed by atoms with van der Waals surface area (Å²) in [5.41, 5.74) is 4.53. The molecule has 2 aromatic carbocycles. The molecule has 0 fully saturated rings. The topological polar surface area (TPSA) is 32.3 Å². The van der Waals surface area contributed by atoms with E-state index in [2.05, 4.69) is 55.6 Å². The predicted octanol–water partition coefficient (Wildman–Crippen LogP) is 8.38. The lowest BCUT2D eigenvalue weighted by Gasteiger charge is -2.17. The second-order valence-corrected chi connectivity index (χ2v) is 9.58. The van der Waals surface area contributed by atoms with E-state index in [1.165, 1.54) is 73.9 Å². The molecule has 158 valence electrons. The summed E-state index contributed by atoms with van der Waals surface area (Å²) < 4.78 is 0. The number of rotatable bonds is 12. The summed E-state index contributed by atoms with van der Waals surface area (Å²) in [6.45, 7) is 4.41. The fourth-order valence-electron chi connectivity index (χ4n) is 4.20. The van der Waals surface area contributed by atoms with Crippen LogP contribution in [0.2, 0.25) is 0 Å². The Morgan fingerprint density at radius 1 is 0.897 bits per heavy atom. The number of nitrogens with one attached hydrogen (secondary N) is 1. The largest absolute Gasteiger partial charge is 0.507 e. The maximum atomic E-state index is 10.9. The average Bonchev–Trinajstić information content (AvgIpc) is 3.15. The molecule has 2 aromatic rings. The quantitative estimate of drug-likeness (QED) is 0.344. The Labute approximate surface area is 181 Å². The highest BCUT2D eigenvalue weighted by atomic mass is 32.2. The Hall–Kier alpha value is -1.61. The van der Waals surface area contributed by atoms with E-state index in [0.717, 1.165) is 24.0 Å². The van der Waals surface area contributed by atoms with Crippen LogP contribution in [0.25, 0.3) is 0 Å². The number of benzene rings is 2. The lowest BCUT2D eigenvalue weighted by molar-refractivity contribution is 0.459. The zero-order valence-electron chi connectivity index (χ0n) is 18.2. The van der Waals surface area contributed by atoms with Gasteiger partial charge in [-0.25, -0.2) is 0 Å². The van der Waals surface area contributed by atoms with Crippen molar-refractivity contribution in [1.82, 2.24) is 0 Å². The first kappa shape index (κ1) is 22.1. The molecule has 0 spiro atoms. The molecule has 29 heavy (non-hydrogen) atoms. The van der Waals surface area contributed by atoms with E-state index in [4.69, 9.17) is 0 Å². The summed E-state index contributed by atoms with van der Waals surface area (Å²) in [5.74, 6) is 0.490. The van der Waals surface area contributed by atoms with Crippen LogP contribution < -0.4 is 5.32 Å². The fourth-order valence-corrected chi connectivity index (χ4v) is 5.36. The molecule has 1 aliphatic heterocycles. The number of phenols is 1. The minimum Gasteiger partial charge on any atom is -0.507 e. The molecule has 1 heterocycles. The van der Waals surface area contributed by atoms with Gasteiger partial charge in [0, 0.05) is 16.1 Å². The third-order valence-corrected chi connectivity index (χ3v) is 7.08. The molecule has 0 saturated heterocycles. The van der Waals surface area contributed by atoms with Crippen LogP contribution in [0, 0.1) is 6.92 Å². The van der Waals surface area contributed by atoms with E-state index in [1.807, 2.05) is 0 Å². The van der Waals surface area contributed by atoms with Crippen molar-refractivity contribution in [3.8, 4) is 5.75 Å². The number of thioether (sulfide) groups is 1. The summed E-state index contributed by atoms with van der Waals surface area (Å²) in [5, 5.41) is 14.6. The van der Waals surface area contributed by atoms with Crippen molar-refractivity contribution < 1.29 is 5.11 Å². The summed E-state index contributed by atoms with van der Waals surface area (Å²) in [6, 6.07) is 12.7. The van der Waals surface area contributed by atoms with Gasteiger partial charge in [0.05, 0.1) is 0 Å². The van der Waals surface area contributed by atoms with Gasteiger partial charge in [0.2, 0.25) is 0 Å². The van der Waals surface area contributed by atoms with E-state index in [1.54, 1.807) is 11.8 Å². The molecule has 0 unspecified atom stereocenters. The van der Waals surface area contributed by atoms with E-state index in [9.17, 15) is 5.11 Å². The van der Waals surface area contributed by atoms with Crippen LogP contribution in [-0.2, 0) is 6.42 Å². The van der Waals surface area contributed by atoms with Crippen LogP contribution in [0.1, 0.15) is 93.2 Å². The van der Waals surface area contributed by atoms with E-state index >= 15 is 0 Å². The van der Waals surface area contributed by atoms with Gasteiger partial charge in [0.15, 0.2) is 0 Å². The number of unbranched alkanes of at least 4 members (excludes halogenated alkanes) is 9. The first-order valence-electron chi connectivity index (χ1n) is 11.5. The van der Waals surface area contributed by atoms with Gasteiger partial charge in [0.1, 0.15) is 11.1 Å². The first-order chi connectivity index (χ1) is 14.2. The second kappa shape index (κ2) is 11.5. The second-order valence-electron chi connectivity index (χ2n) is 8.43. The number of hydrogen-bond donors (Lipinski definition) is 2. The van der Waals surface area contributed by atoms with Gasteiger partial charge in [0.25, 0.3) is 0 Å². The van der Waals surface area contributed by atoms with Crippen molar-refractivity contribution in [2.75, 3.05) is 5.32 Å². The highest BCUT2D eigenvalue weighted by Crippen LogP contribution is 2.49. The third-order valence-electron chi connectivity index (χ3n) is 5.86. The Morgan fingerprint density at radius 3 is 2.24 bits per heavy atom. The van der Waals surface area contributed by atoms with Crippen molar-refractivity contribution in [3.05, 3.63) is 53.1 Å². The molecule has 3 rings (SSSR count). The zero-order chi connectivity index (χ0) is 20.5. The number of anilines is 1. The third kappa shape index (κ3) is 6.44. The van der Waals surface area contributed by atoms with Crippen LogP contribution in [0.4, 0.5) is 5.69 Å². The van der Waals surface area contributed by atoms with E-state index < -0.39 is 0 Å². The van der Waals surface area contributed by atoms with Crippen LogP contribution in [0.15, 0.2) is 41.3 Å². The number of aromatic hydroxyl groups is 1. The van der Waals surface area contributed by atoms with Crippen molar-refractivity contribution in [3.63, 3.8) is 0 Å². The summed E-state index contributed by atoms with van der Waals surface area (Å²) in [6.07, 6.45) is 14.4. The summed E-state index contributed by atoms with van der Waals surface area (Å²) in [4.78, 5) is 1.26. The smallest absolute Gasteiger partial charge is 0.124 e. The maximum Gasteiger partial charge on any atom is 0.124 e. The number of para-hydroxylation sites is 1. The number of aryl methyl sites for hydroxylation is 2. The summed E-state index contributed by atoms with van der Waals surface area (Å²) >= 11 is 1.79. The van der Waals surface area contributed by atoms with Gasteiger partial charge in [-0.1, -0.05) is 100 Å². The van der Waals surface area contributed by atoms with Crippen molar-refractivity contribution in [1.29, 1.82) is 0 Å². The molecule has 2 nitrogen and oxygen atoms in total. The molecule has 2 N–H and O–H groups in total. The molecule has 0 aliphatic carbocycles. The Balaban J connectivity index is 1.45. The Kier molecular flexibility index (Phi) is 8.79. The van der Waals surface area contributed by atoms with E-state index in [-0.39, 0.29) is 5.37 Å². The lowest BCUT2D eigenvalue weighted by Crippen LogP contribution is -2.04. The van der Waals surface area contributed by atoms with Crippen molar-refractivity contribution in [2.45, 2.75) is 94.7 Å². The molecule has 0 aromatic heterocycles. The van der Waals surface area contributed by atoms with Crippen LogP contribution >= 0.6 is 11.8 Å². The molecule has 3 heteroatoms. The normalized spacial score (nSPS) is 15.3. The molecule has 1 aliphatic rings. The molecule has 0 saturated carbocycles. The first-order valence-corrected chi connectivity index (χ1v) is 12.4. The van der Waals surface area contributed by atoms with Gasteiger partial charge in [-0.15, -0.1) is 0 Å². The van der Waals surface area contributed by atoms with Gasteiger partial charge < -0.3 is 10.4 Å². The molecular weight excluding hydrogens is 374 g/mol. The standard InChI is InChI=1S/C26H37NOS/c1-3-4-5-6-7-8-9-10-11-12-15-21-18-20(2)19-22(25(21)28)26-27-23-16-13-14-17-24(23)29-26/h13-14,16-19,26-28H,3-12,15H2,1-2H3/t26-/m1/s1. The van der Waals surface area contributed by atoms with Gasteiger partial charge in [-0.2, -0.15) is 0 Å². The monoisotopic (exact) mass is 411 g/mol.